The van der Waals surface area contributed by atoms with Crippen molar-refractivity contribution in [1.29, 1.82) is 10.5 Å². The van der Waals surface area contributed by atoms with Crippen molar-refractivity contribution in [1.82, 2.24) is 0 Å². The van der Waals surface area contributed by atoms with Crippen LogP contribution in [0, 0.1) is 22.7 Å². The highest BCUT2D eigenvalue weighted by atomic mass is 35.5. The summed E-state index contributed by atoms with van der Waals surface area (Å²) in [6.45, 7) is 0.334. The third-order valence-corrected chi connectivity index (χ3v) is 7.14. The predicted molar refractivity (Wildman–Crippen MR) is 137 cm³/mol. The van der Waals surface area contributed by atoms with Crippen LogP contribution in [0.1, 0.15) is 40.0 Å². The molecular weight excluding hydrogens is 482 g/mol. The molecule has 0 radical (unpaired) electrons. The number of rotatable bonds is 7. The summed E-state index contributed by atoms with van der Waals surface area (Å²) in [7, 11) is 1.53. The second kappa shape index (κ2) is 11.1. The lowest BCUT2D eigenvalue weighted by atomic mass is 9.96. The second-order valence-electron chi connectivity index (χ2n) is 7.98. The quantitative estimate of drug-likeness (QED) is 0.302. The van der Waals surface area contributed by atoms with E-state index < -0.39 is 5.91 Å². The van der Waals surface area contributed by atoms with Crippen LogP contribution in [0.3, 0.4) is 0 Å². The molecule has 1 heterocycles. The molecule has 35 heavy (non-hydrogen) atoms. The van der Waals surface area contributed by atoms with Crippen LogP contribution in [0.2, 0.25) is 5.02 Å². The molecule has 3 aromatic rings. The Kier molecular flexibility index (Phi) is 7.72. The largest absolute Gasteiger partial charge is 0.493 e. The summed E-state index contributed by atoms with van der Waals surface area (Å²) in [5, 5.41) is 23.2. The number of halogens is 1. The van der Waals surface area contributed by atoms with Crippen LogP contribution in [-0.2, 0) is 24.2 Å². The fourth-order valence-electron chi connectivity index (χ4n) is 3.89. The number of thiophene rings is 1. The van der Waals surface area contributed by atoms with Crippen LogP contribution in [0.4, 0.5) is 5.00 Å². The van der Waals surface area contributed by atoms with Crippen LogP contribution in [0.25, 0.3) is 6.08 Å². The number of nitrogens with zero attached hydrogens (tertiary/aromatic N) is 2. The van der Waals surface area contributed by atoms with Gasteiger partial charge in [-0.1, -0.05) is 29.8 Å². The highest BCUT2D eigenvalue weighted by Gasteiger charge is 2.22. The number of anilines is 1. The normalized spacial score (nSPS) is 12.7. The van der Waals surface area contributed by atoms with E-state index in [1.807, 2.05) is 18.2 Å². The maximum absolute atomic E-state index is 12.9. The van der Waals surface area contributed by atoms with Gasteiger partial charge in [0.2, 0.25) is 0 Å². The Labute approximate surface area is 213 Å². The van der Waals surface area contributed by atoms with Crippen molar-refractivity contribution in [3.63, 3.8) is 0 Å². The Balaban J connectivity index is 1.51. The molecule has 1 amide bonds. The van der Waals surface area contributed by atoms with Crippen LogP contribution in [0.5, 0.6) is 11.5 Å². The minimum absolute atomic E-state index is 0.0721. The van der Waals surface area contributed by atoms with Crippen LogP contribution in [-0.4, -0.2) is 13.0 Å². The zero-order valence-electron chi connectivity index (χ0n) is 19.1. The first-order valence-corrected chi connectivity index (χ1v) is 12.2. The summed E-state index contributed by atoms with van der Waals surface area (Å²) in [4.78, 5) is 14.0. The highest BCUT2D eigenvalue weighted by Crippen LogP contribution is 2.38. The SMILES string of the molecule is COc1cc(C=C(C#N)C(=O)Nc2sc3c(c2C#N)CCCC3)ccc1OCc1ccc(Cl)cc1. The highest BCUT2D eigenvalue weighted by molar-refractivity contribution is 7.16. The van der Waals surface area contributed by atoms with Crippen molar-refractivity contribution in [3.8, 4) is 23.6 Å². The van der Waals surface area contributed by atoms with Gasteiger partial charge in [0.15, 0.2) is 11.5 Å². The number of carbonyl (C=O) groups is 1. The molecule has 2 aromatic carbocycles. The topological polar surface area (TPSA) is 95.1 Å². The number of aryl methyl sites for hydroxylation is 1. The molecular formula is C27H22ClN3O3S. The monoisotopic (exact) mass is 503 g/mol. The fraction of sp³-hybridized carbons (Fsp3) is 0.222. The molecule has 8 heteroatoms. The van der Waals surface area contributed by atoms with E-state index in [0.29, 0.717) is 39.3 Å². The molecule has 1 aromatic heterocycles. The van der Waals surface area contributed by atoms with Crippen molar-refractivity contribution < 1.29 is 14.3 Å². The molecule has 6 nitrogen and oxygen atoms in total. The van der Waals surface area contributed by atoms with Crippen molar-refractivity contribution in [2.24, 2.45) is 0 Å². The molecule has 0 aliphatic heterocycles. The van der Waals surface area contributed by atoms with Gasteiger partial charge in [0.1, 0.15) is 29.3 Å². The van der Waals surface area contributed by atoms with Gasteiger partial charge < -0.3 is 14.8 Å². The van der Waals surface area contributed by atoms with E-state index in [4.69, 9.17) is 21.1 Å². The second-order valence-corrected chi connectivity index (χ2v) is 9.52. The average Bonchev–Trinajstić information content (AvgIpc) is 3.23. The summed E-state index contributed by atoms with van der Waals surface area (Å²) in [5.74, 6) is 0.457. The number of benzene rings is 2. The first-order valence-electron chi connectivity index (χ1n) is 11.1. The van der Waals surface area contributed by atoms with E-state index in [-0.39, 0.29) is 5.57 Å². The average molecular weight is 504 g/mol. The smallest absolute Gasteiger partial charge is 0.266 e. The summed E-state index contributed by atoms with van der Waals surface area (Å²) in [6.07, 6.45) is 5.36. The van der Waals surface area contributed by atoms with Crippen molar-refractivity contribution in [3.05, 3.63) is 80.2 Å². The number of hydrogen-bond donors (Lipinski definition) is 1. The molecule has 0 saturated heterocycles. The van der Waals surface area contributed by atoms with Crippen molar-refractivity contribution in [2.45, 2.75) is 32.3 Å². The van der Waals surface area contributed by atoms with E-state index >= 15 is 0 Å². The third kappa shape index (κ3) is 5.66. The summed E-state index contributed by atoms with van der Waals surface area (Å²) >= 11 is 7.35. The van der Waals surface area contributed by atoms with Gasteiger partial charge in [-0.2, -0.15) is 10.5 Å². The van der Waals surface area contributed by atoms with Gasteiger partial charge >= 0.3 is 0 Å². The van der Waals surface area contributed by atoms with Gasteiger partial charge in [-0.05, 0) is 72.7 Å². The molecule has 0 saturated carbocycles. The van der Waals surface area contributed by atoms with Gasteiger partial charge in [0, 0.05) is 9.90 Å². The molecule has 0 bridgehead atoms. The first kappa shape index (κ1) is 24.3. The number of carbonyl (C=O) groups excluding carboxylic acids is 1. The minimum atomic E-state index is -0.551. The first-order chi connectivity index (χ1) is 17.0. The number of hydrogen-bond acceptors (Lipinski definition) is 6. The molecule has 1 aliphatic rings. The van der Waals surface area contributed by atoms with Crippen LogP contribution in [0.15, 0.2) is 48.0 Å². The Morgan fingerprint density at radius 1 is 1.14 bits per heavy atom. The lowest BCUT2D eigenvalue weighted by molar-refractivity contribution is -0.112. The van der Waals surface area contributed by atoms with Gasteiger partial charge in [-0.3, -0.25) is 4.79 Å². The Morgan fingerprint density at radius 2 is 1.91 bits per heavy atom. The van der Waals surface area contributed by atoms with E-state index in [9.17, 15) is 15.3 Å². The molecule has 0 spiro atoms. The molecule has 1 aliphatic carbocycles. The number of nitrogens with one attached hydrogen (secondary N) is 1. The molecule has 176 valence electrons. The number of nitriles is 2. The number of fused-ring (bicyclic) bond motifs is 1. The maximum atomic E-state index is 12.9. The van der Waals surface area contributed by atoms with Crippen molar-refractivity contribution >= 4 is 39.9 Å². The summed E-state index contributed by atoms with van der Waals surface area (Å²) in [6, 6.07) is 16.7. The van der Waals surface area contributed by atoms with Crippen LogP contribution < -0.4 is 14.8 Å². The fourth-order valence-corrected chi connectivity index (χ4v) is 5.25. The van der Waals surface area contributed by atoms with Crippen molar-refractivity contribution in [2.75, 3.05) is 12.4 Å². The minimum Gasteiger partial charge on any atom is -0.493 e. The standard InChI is InChI=1S/C27H22ClN3O3S/c1-33-24-13-18(8-11-23(24)34-16-17-6-9-20(28)10-7-17)12-19(14-29)26(32)31-27-22(15-30)21-4-2-3-5-25(21)35-27/h6-13H,2-5,16H2,1H3,(H,31,32). The van der Waals surface area contributed by atoms with Gasteiger partial charge in [0.25, 0.3) is 5.91 Å². The van der Waals surface area contributed by atoms with E-state index in [0.717, 1.165) is 41.7 Å². The molecule has 0 atom stereocenters. The molecule has 0 unspecified atom stereocenters. The third-order valence-electron chi connectivity index (χ3n) is 5.68. The lowest BCUT2D eigenvalue weighted by Crippen LogP contribution is -2.13. The zero-order chi connectivity index (χ0) is 24.8. The van der Waals surface area contributed by atoms with Gasteiger partial charge in [-0.15, -0.1) is 11.3 Å². The summed E-state index contributed by atoms with van der Waals surface area (Å²) < 4.78 is 11.3. The molecule has 1 N–H and O–H groups in total. The molecule has 4 rings (SSSR count). The van der Waals surface area contributed by atoms with Gasteiger partial charge in [0.05, 0.1) is 12.7 Å². The maximum Gasteiger partial charge on any atom is 0.266 e. The predicted octanol–water partition coefficient (Wildman–Crippen LogP) is 6.29. The number of methoxy groups -OCH3 is 1. The summed E-state index contributed by atoms with van der Waals surface area (Å²) in [5.41, 5.74) is 3.03. The Hall–Kier alpha value is -3.78. The van der Waals surface area contributed by atoms with Crippen LogP contribution >= 0.6 is 22.9 Å². The lowest BCUT2D eigenvalue weighted by Gasteiger charge is -2.12. The Morgan fingerprint density at radius 3 is 2.63 bits per heavy atom. The number of amides is 1. The van der Waals surface area contributed by atoms with E-state index in [1.165, 1.54) is 24.5 Å². The van der Waals surface area contributed by atoms with E-state index in [2.05, 4.69) is 11.4 Å². The Bertz CT molecular complexity index is 1360. The number of ether oxygens (including phenoxy) is 2. The van der Waals surface area contributed by atoms with Gasteiger partial charge in [-0.25, -0.2) is 0 Å². The van der Waals surface area contributed by atoms with E-state index in [1.54, 1.807) is 30.3 Å². The zero-order valence-corrected chi connectivity index (χ0v) is 20.6. The molecule has 0 fully saturated rings.